The molecule has 0 spiro atoms. The smallest absolute Gasteiger partial charge is 0.422 e. The van der Waals surface area contributed by atoms with E-state index in [4.69, 9.17) is 5.73 Å². The van der Waals surface area contributed by atoms with Crippen molar-refractivity contribution < 1.29 is 22.7 Å². The van der Waals surface area contributed by atoms with Crippen LogP contribution in [-0.2, 0) is 6.42 Å². The number of amides is 1. The Bertz CT molecular complexity index is 673. The molecule has 1 amide bonds. The van der Waals surface area contributed by atoms with Gasteiger partial charge in [0, 0.05) is 23.6 Å². The lowest BCUT2D eigenvalue weighted by atomic mass is 10.3. The Kier molecular flexibility index (Phi) is 5.56. The fourth-order valence-electron chi connectivity index (χ4n) is 1.68. The third-order valence-electron chi connectivity index (χ3n) is 2.64. The topological polar surface area (TPSA) is 77.2 Å². The number of hydrogen-bond donors (Lipinski definition) is 2. The van der Waals surface area contributed by atoms with Gasteiger partial charge in [0.15, 0.2) is 6.61 Å². The number of thiazole rings is 1. The molecule has 9 heteroatoms. The van der Waals surface area contributed by atoms with E-state index in [0.717, 1.165) is 5.01 Å². The van der Waals surface area contributed by atoms with Crippen LogP contribution in [0.3, 0.4) is 0 Å². The molecule has 0 bridgehead atoms. The Hall–Kier alpha value is -2.13. The van der Waals surface area contributed by atoms with Gasteiger partial charge in [0.25, 0.3) is 5.91 Å². The first-order valence-corrected chi connectivity index (χ1v) is 7.51. The second kappa shape index (κ2) is 7.42. The number of nitrogens with one attached hydrogen (secondary N) is 1. The number of nitrogens with zero attached hydrogens (tertiary/aromatic N) is 1. The molecule has 0 aliphatic rings. The molecule has 2 aromatic rings. The summed E-state index contributed by atoms with van der Waals surface area (Å²) < 4.78 is 41.0. The third kappa shape index (κ3) is 5.53. The van der Waals surface area contributed by atoms with Crippen LogP contribution in [-0.4, -0.2) is 30.2 Å². The first-order valence-electron chi connectivity index (χ1n) is 6.63. The molecule has 0 fully saturated rings. The standard InChI is InChI=1S/C14H14F3N3O2S/c15-14(16,17)8-22-10-3-1-2-9(6-10)19-13(21)11-7-23-12(20-11)4-5-18/h1-3,6-7H,4-5,8,18H2,(H,19,21). The molecule has 1 heterocycles. The van der Waals surface area contributed by atoms with Gasteiger partial charge in [-0.3, -0.25) is 4.79 Å². The van der Waals surface area contributed by atoms with Crippen LogP contribution in [0.1, 0.15) is 15.5 Å². The molecule has 0 aliphatic carbocycles. The molecule has 0 aliphatic heterocycles. The summed E-state index contributed by atoms with van der Waals surface area (Å²) in [6, 6.07) is 5.73. The zero-order chi connectivity index (χ0) is 16.9. The van der Waals surface area contributed by atoms with Crippen LogP contribution in [0.15, 0.2) is 29.6 Å². The van der Waals surface area contributed by atoms with Crippen LogP contribution in [0.2, 0.25) is 0 Å². The number of alkyl halides is 3. The summed E-state index contributed by atoms with van der Waals surface area (Å²) in [6.45, 7) is -0.952. The van der Waals surface area contributed by atoms with Crippen LogP contribution in [0.25, 0.3) is 0 Å². The number of aromatic nitrogens is 1. The molecule has 0 atom stereocenters. The number of hydrogen-bond acceptors (Lipinski definition) is 5. The lowest BCUT2D eigenvalue weighted by molar-refractivity contribution is -0.153. The Morgan fingerprint density at radius 2 is 2.17 bits per heavy atom. The van der Waals surface area contributed by atoms with Crippen molar-refractivity contribution >= 4 is 22.9 Å². The molecule has 0 saturated heterocycles. The van der Waals surface area contributed by atoms with Crippen molar-refractivity contribution in [1.29, 1.82) is 0 Å². The minimum absolute atomic E-state index is 0.0159. The summed E-state index contributed by atoms with van der Waals surface area (Å²) in [5, 5.41) is 4.92. The van der Waals surface area contributed by atoms with Gasteiger partial charge in [-0.1, -0.05) is 6.07 Å². The van der Waals surface area contributed by atoms with Crippen LogP contribution >= 0.6 is 11.3 Å². The number of carbonyl (C=O) groups excluding carboxylic acids is 1. The second-order valence-corrected chi connectivity index (χ2v) is 5.49. The van der Waals surface area contributed by atoms with Gasteiger partial charge in [0.1, 0.15) is 11.4 Å². The monoisotopic (exact) mass is 345 g/mol. The van der Waals surface area contributed by atoms with Crippen molar-refractivity contribution in [3.8, 4) is 5.75 Å². The number of halogens is 3. The maximum Gasteiger partial charge on any atom is 0.422 e. The molecule has 5 nitrogen and oxygen atoms in total. The Morgan fingerprint density at radius 3 is 2.87 bits per heavy atom. The van der Waals surface area contributed by atoms with E-state index in [2.05, 4.69) is 15.0 Å². The predicted molar refractivity (Wildman–Crippen MR) is 80.8 cm³/mol. The maximum atomic E-state index is 12.1. The second-order valence-electron chi connectivity index (χ2n) is 4.55. The van der Waals surface area contributed by atoms with Crippen molar-refractivity contribution in [2.24, 2.45) is 5.73 Å². The zero-order valence-corrected chi connectivity index (χ0v) is 12.7. The number of carbonyl (C=O) groups is 1. The minimum Gasteiger partial charge on any atom is -0.484 e. The zero-order valence-electron chi connectivity index (χ0n) is 11.9. The number of anilines is 1. The Labute approximate surface area is 134 Å². The predicted octanol–water partition coefficient (Wildman–Crippen LogP) is 2.84. The normalized spacial score (nSPS) is 11.3. The van der Waals surface area contributed by atoms with Gasteiger partial charge in [-0.2, -0.15) is 13.2 Å². The summed E-state index contributed by atoms with van der Waals surface area (Å²) in [4.78, 5) is 16.2. The minimum atomic E-state index is -4.42. The molecule has 0 radical (unpaired) electrons. The third-order valence-corrected chi connectivity index (χ3v) is 3.55. The van der Waals surface area contributed by atoms with Gasteiger partial charge in [-0.05, 0) is 18.7 Å². The van der Waals surface area contributed by atoms with Crippen molar-refractivity contribution in [3.05, 3.63) is 40.3 Å². The van der Waals surface area contributed by atoms with Crippen molar-refractivity contribution in [2.45, 2.75) is 12.6 Å². The molecule has 1 aromatic heterocycles. The summed E-state index contributed by atoms with van der Waals surface area (Å²) in [6.07, 6.45) is -3.84. The largest absolute Gasteiger partial charge is 0.484 e. The van der Waals surface area contributed by atoms with E-state index < -0.39 is 18.7 Å². The molecular formula is C14H14F3N3O2S. The van der Waals surface area contributed by atoms with Crippen LogP contribution in [0.4, 0.5) is 18.9 Å². The highest BCUT2D eigenvalue weighted by Gasteiger charge is 2.28. The average molecular weight is 345 g/mol. The highest BCUT2D eigenvalue weighted by atomic mass is 32.1. The van der Waals surface area contributed by atoms with Gasteiger partial charge in [0.2, 0.25) is 0 Å². The highest BCUT2D eigenvalue weighted by Crippen LogP contribution is 2.22. The van der Waals surface area contributed by atoms with Gasteiger partial charge >= 0.3 is 6.18 Å². The number of benzene rings is 1. The first kappa shape index (κ1) is 17.2. The lowest BCUT2D eigenvalue weighted by Crippen LogP contribution is -2.19. The Morgan fingerprint density at radius 1 is 1.39 bits per heavy atom. The highest BCUT2D eigenvalue weighted by molar-refractivity contribution is 7.09. The van der Waals surface area contributed by atoms with Gasteiger partial charge in [-0.25, -0.2) is 4.98 Å². The fourth-order valence-corrected chi connectivity index (χ4v) is 2.47. The van der Waals surface area contributed by atoms with E-state index in [0.29, 0.717) is 18.7 Å². The van der Waals surface area contributed by atoms with E-state index in [-0.39, 0.29) is 11.4 Å². The maximum absolute atomic E-state index is 12.1. The van der Waals surface area contributed by atoms with E-state index >= 15 is 0 Å². The van der Waals surface area contributed by atoms with Crippen LogP contribution < -0.4 is 15.8 Å². The van der Waals surface area contributed by atoms with Crippen molar-refractivity contribution in [1.82, 2.24) is 4.98 Å². The van der Waals surface area contributed by atoms with E-state index in [1.54, 1.807) is 11.4 Å². The first-order chi connectivity index (χ1) is 10.9. The van der Waals surface area contributed by atoms with Gasteiger partial charge in [-0.15, -0.1) is 11.3 Å². The molecule has 0 saturated carbocycles. The van der Waals surface area contributed by atoms with Crippen molar-refractivity contribution in [2.75, 3.05) is 18.5 Å². The SMILES string of the molecule is NCCc1nc(C(=O)Nc2cccc(OCC(F)(F)F)c2)cs1. The Balaban J connectivity index is 2.00. The fraction of sp³-hybridized carbons (Fsp3) is 0.286. The number of nitrogens with two attached hydrogens (primary N) is 1. The quantitative estimate of drug-likeness (QED) is 0.844. The molecule has 0 unspecified atom stereocenters. The average Bonchev–Trinajstić information content (AvgIpc) is 2.94. The van der Waals surface area contributed by atoms with Gasteiger partial charge < -0.3 is 15.8 Å². The van der Waals surface area contributed by atoms with E-state index in [1.807, 2.05) is 0 Å². The van der Waals surface area contributed by atoms with Crippen LogP contribution in [0.5, 0.6) is 5.75 Å². The molecule has 2 rings (SSSR count). The summed E-state index contributed by atoms with van der Waals surface area (Å²) in [5.74, 6) is -0.431. The molecule has 23 heavy (non-hydrogen) atoms. The summed E-state index contributed by atoms with van der Waals surface area (Å²) in [7, 11) is 0. The lowest BCUT2D eigenvalue weighted by Gasteiger charge is -2.10. The van der Waals surface area contributed by atoms with Crippen LogP contribution in [0, 0.1) is 0 Å². The number of ether oxygens (including phenoxy) is 1. The molecule has 1 aromatic carbocycles. The summed E-state index contributed by atoms with van der Waals surface area (Å²) in [5.41, 5.74) is 5.98. The molecular weight excluding hydrogens is 331 g/mol. The van der Waals surface area contributed by atoms with E-state index in [9.17, 15) is 18.0 Å². The number of rotatable bonds is 6. The molecule has 3 N–H and O–H groups in total. The van der Waals surface area contributed by atoms with Crippen molar-refractivity contribution in [3.63, 3.8) is 0 Å². The molecule has 124 valence electrons. The summed E-state index contributed by atoms with van der Waals surface area (Å²) >= 11 is 1.33. The van der Waals surface area contributed by atoms with E-state index in [1.165, 1.54) is 29.5 Å². The van der Waals surface area contributed by atoms with Gasteiger partial charge in [0.05, 0.1) is 5.01 Å².